The highest BCUT2D eigenvalue weighted by Crippen LogP contribution is 2.55. The Balaban J connectivity index is 1.73. The second-order valence-corrected chi connectivity index (χ2v) is 10.5. The number of carbonyl (C=O) groups is 1. The molecule has 1 spiro atoms. The molecular weight excluding hydrogens is 474 g/mol. The van der Waals surface area contributed by atoms with E-state index < -0.39 is 57.9 Å². The first-order chi connectivity index (χ1) is 16.2. The van der Waals surface area contributed by atoms with Gasteiger partial charge in [0.25, 0.3) is 0 Å². The molecule has 11 heteroatoms. The van der Waals surface area contributed by atoms with E-state index in [0.717, 1.165) is 12.1 Å². The van der Waals surface area contributed by atoms with Crippen LogP contribution in [0.4, 0.5) is 22.4 Å². The highest BCUT2D eigenvalue weighted by Gasteiger charge is 2.61. The number of rotatable bonds is 8. The molecule has 2 N–H and O–H groups in total. The molecule has 184 valence electrons. The highest BCUT2D eigenvalue weighted by atomic mass is 32.2. The van der Waals surface area contributed by atoms with Crippen LogP contribution in [0.1, 0.15) is 18.4 Å². The lowest BCUT2D eigenvalue weighted by atomic mass is 9.91. The van der Waals surface area contributed by atoms with Gasteiger partial charge in [0.1, 0.15) is 18.3 Å². The smallest absolute Gasteiger partial charge is 0.317 e. The number of amides is 2. The maximum absolute atomic E-state index is 15.5. The number of nitrogens with one attached hydrogen (secondary N) is 2. The second kappa shape index (κ2) is 9.53. The van der Waals surface area contributed by atoms with Gasteiger partial charge in [-0.25, -0.2) is 35.5 Å². The largest absolute Gasteiger partial charge is 0.335 e. The summed E-state index contributed by atoms with van der Waals surface area (Å²) in [6, 6.07) is 6.34. The lowest BCUT2D eigenvalue weighted by Gasteiger charge is -2.29. The predicted molar refractivity (Wildman–Crippen MR) is 119 cm³/mol. The molecule has 2 aliphatic rings. The first-order valence-corrected chi connectivity index (χ1v) is 12.5. The number of hydrogen-bond donors (Lipinski definition) is 2. The number of alkyl halides is 2. The zero-order chi connectivity index (χ0) is 24.5. The quantitative estimate of drug-likeness (QED) is 0.546. The fourth-order valence-electron chi connectivity index (χ4n) is 4.75. The Morgan fingerprint density at radius 1 is 1.12 bits per heavy atom. The number of nitrogens with zero attached hydrogens (tertiary/aromatic N) is 1. The van der Waals surface area contributed by atoms with Crippen LogP contribution >= 0.6 is 0 Å². The third kappa shape index (κ3) is 4.90. The normalized spacial score (nSPS) is 21.1. The highest BCUT2D eigenvalue weighted by molar-refractivity contribution is 7.89. The Bertz CT molecular complexity index is 1160. The van der Waals surface area contributed by atoms with Crippen molar-refractivity contribution in [2.45, 2.75) is 31.3 Å². The summed E-state index contributed by atoms with van der Waals surface area (Å²) in [6.45, 7) is -0.910. The van der Waals surface area contributed by atoms with Crippen molar-refractivity contribution in [3.8, 4) is 11.1 Å². The van der Waals surface area contributed by atoms with Gasteiger partial charge in [0, 0.05) is 30.1 Å². The molecule has 6 nitrogen and oxygen atoms in total. The molecule has 4 rings (SSSR count). The standard InChI is InChI=1S/C23H25F4N3O3S/c24-8-9-28-22(31)30-13-23(6-7-23)21(29-34(32,33)14-25)19(30)11-16-10-17(26)12-18(20(16)27)15-4-2-1-3-5-15/h1-5,10,12,19,21,29H,6-9,11,13-14H2,(H,28,31)/t19-,21+/m0/s1. The van der Waals surface area contributed by atoms with Gasteiger partial charge in [0.2, 0.25) is 16.0 Å². The first-order valence-electron chi connectivity index (χ1n) is 10.9. The van der Waals surface area contributed by atoms with Gasteiger partial charge in [-0.2, -0.15) is 0 Å². The van der Waals surface area contributed by atoms with Gasteiger partial charge in [0.15, 0.2) is 0 Å². The van der Waals surface area contributed by atoms with E-state index in [1.807, 2.05) is 0 Å². The molecular formula is C23H25F4N3O3S. The van der Waals surface area contributed by atoms with E-state index in [0.29, 0.717) is 18.4 Å². The van der Waals surface area contributed by atoms with E-state index in [1.165, 1.54) is 4.90 Å². The zero-order valence-corrected chi connectivity index (χ0v) is 19.1. The van der Waals surface area contributed by atoms with Crippen molar-refractivity contribution in [2.75, 3.05) is 25.8 Å². The minimum Gasteiger partial charge on any atom is -0.335 e. The molecule has 1 aliphatic heterocycles. The van der Waals surface area contributed by atoms with Crippen molar-refractivity contribution in [2.24, 2.45) is 5.41 Å². The van der Waals surface area contributed by atoms with E-state index in [-0.39, 0.29) is 30.6 Å². The van der Waals surface area contributed by atoms with Crippen molar-refractivity contribution < 1.29 is 30.8 Å². The van der Waals surface area contributed by atoms with Crippen molar-refractivity contribution in [1.29, 1.82) is 0 Å². The van der Waals surface area contributed by atoms with Crippen LogP contribution in [0, 0.1) is 17.0 Å². The number of sulfonamides is 1. The molecule has 2 fully saturated rings. The lowest BCUT2D eigenvalue weighted by Crippen LogP contribution is -2.52. The summed E-state index contributed by atoms with van der Waals surface area (Å²) in [5.41, 5.74) is -0.192. The van der Waals surface area contributed by atoms with Crippen LogP contribution < -0.4 is 10.0 Å². The van der Waals surface area contributed by atoms with Gasteiger partial charge in [-0.15, -0.1) is 0 Å². The maximum Gasteiger partial charge on any atom is 0.317 e. The summed E-state index contributed by atoms with van der Waals surface area (Å²) in [4.78, 5) is 14.1. The zero-order valence-electron chi connectivity index (χ0n) is 18.2. The van der Waals surface area contributed by atoms with Crippen LogP contribution in [0.3, 0.4) is 0 Å². The summed E-state index contributed by atoms with van der Waals surface area (Å²) < 4.78 is 82.3. The summed E-state index contributed by atoms with van der Waals surface area (Å²) in [5, 5.41) is 2.41. The number of halogens is 4. The minimum atomic E-state index is -4.30. The van der Waals surface area contributed by atoms with Crippen molar-refractivity contribution in [1.82, 2.24) is 14.9 Å². The van der Waals surface area contributed by atoms with Gasteiger partial charge in [0.05, 0.1) is 6.04 Å². The summed E-state index contributed by atoms with van der Waals surface area (Å²) in [7, 11) is -4.30. The summed E-state index contributed by atoms with van der Waals surface area (Å²) in [6.07, 6.45) is 0.946. The van der Waals surface area contributed by atoms with Crippen LogP contribution in [-0.4, -0.2) is 57.2 Å². The third-order valence-corrected chi connectivity index (χ3v) is 7.43. The van der Waals surface area contributed by atoms with E-state index in [1.54, 1.807) is 30.3 Å². The Kier molecular flexibility index (Phi) is 6.86. The maximum atomic E-state index is 15.5. The van der Waals surface area contributed by atoms with Crippen molar-refractivity contribution >= 4 is 16.1 Å². The second-order valence-electron chi connectivity index (χ2n) is 8.79. The molecule has 1 aliphatic carbocycles. The monoisotopic (exact) mass is 499 g/mol. The molecule has 34 heavy (non-hydrogen) atoms. The van der Waals surface area contributed by atoms with Gasteiger partial charge in [-0.1, -0.05) is 30.3 Å². The van der Waals surface area contributed by atoms with Crippen LogP contribution in [0.5, 0.6) is 0 Å². The first kappa shape index (κ1) is 24.5. The van der Waals surface area contributed by atoms with E-state index in [9.17, 15) is 26.4 Å². The molecule has 0 radical (unpaired) electrons. The summed E-state index contributed by atoms with van der Waals surface area (Å²) >= 11 is 0. The fourth-order valence-corrected chi connectivity index (χ4v) is 5.61. The molecule has 0 unspecified atom stereocenters. The average molecular weight is 500 g/mol. The Morgan fingerprint density at radius 3 is 2.44 bits per heavy atom. The number of carbonyl (C=O) groups excluding carboxylic acids is 1. The van der Waals surface area contributed by atoms with E-state index in [2.05, 4.69) is 10.0 Å². The number of benzene rings is 2. The molecule has 2 amide bonds. The van der Waals surface area contributed by atoms with E-state index >= 15 is 4.39 Å². The van der Waals surface area contributed by atoms with E-state index in [4.69, 9.17) is 0 Å². The molecule has 1 saturated heterocycles. The molecule has 1 heterocycles. The topological polar surface area (TPSA) is 78.5 Å². The van der Waals surface area contributed by atoms with Gasteiger partial charge in [-0.05, 0) is 42.5 Å². The fraction of sp³-hybridized carbons (Fsp3) is 0.435. The Morgan fingerprint density at radius 2 is 1.82 bits per heavy atom. The SMILES string of the molecule is O=C(NCCF)N1CC2(CC2)[C@H](NS(=O)(=O)CF)[C@@H]1Cc1cc(F)cc(-c2ccccc2)c1F. The lowest BCUT2D eigenvalue weighted by molar-refractivity contribution is 0.187. The molecule has 1 saturated carbocycles. The molecule has 2 atom stereocenters. The van der Waals surface area contributed by atoms with Crippen LogP contribution in [-0.2, 0) is 16.4 Å². The van der Waals surface area contributed by atoms with Gasteiger partial charge in [-0.3, -0.25) is 0 Å². The molecule has 2 aromatic rings. The average Bonchev–Trinajstić information content (AvgIpc) is 3.55. The third-order valence-electron chi connectivity index (χ3n) is 6.53. The van der Waals surface area contributed by atoms with Crippen LogP contribution in [0.2, 0.25) is 0 Å². The van der Waals surface area contributed by atoms with Crippen LogP contribution in [0.15, 0.2) is 42.5 Å². The Hall–Kier alpha value is -2.66. The van der Waals surface area contributed by atoms with Gasteiger partial charge < -0.3 is 10.2 Å². The minimum absolute atomic E-state index is 0.0315. The van der Waals surface area contributed by atoms with Crippen molar-refractivity contribution in [3.05, 3.63) is 59.7 Å². The Labute approximate surface area is 195 Å². The van der Waals surface area contributed by atoms with Crippen molar-refractivity contribution in [3.63, 3.8) is 0 Å². The molecule has 2 aromatic carbocycles. The molecule has 0 aromatic heterocycles. The number of urea groups is 1. The van der Waals surface area contributed by atoms with Crippen LogP contribution in [0.25, 0.3) is 11.1 Å². The predicted octanol–water partition coefficient (Wildman–Crippen LogP) is 3.53. The number of likely N-dealkylation sites (tertiary alicyclic amines) is 1. The molecule has 0 bridgehead atoms. The number of hydrogen-bond acceptors (Lipinski definition) is 3. The van der Waals surface area contributed by atoms with Gasteiger partial charge >= 0.3 is 6.03 Å². The summed E-state index contributed by atoms with van der Waals surface area (Å²) in [5.74, 6) is -1.38.